The minimum absolute atomic E-state index is 0.0808. The molecule has 0 unspecified atom stereocenters. The molecule has 0 amide bonds. The van der Waals surface area contributed by atoms with Gasteiger partial charge in [-0.2, -0.15) is 0 Å². The molecule has 2 rings (SSSR count). The second kappa shape index (κ2) is 5.16. The zero-order chi connectivity index (χ0) is 15.8. The molecule has 0 atom stereocenters. The number of aromatic carboxylic acids is 1. The maximum absolute atomic E-state index is 11.1. The van der Waals surface area contributed by atoms with Crippen LogP contribution in [0.3, 0.4) is 0 Å². The number of aromatic hydroxyl groups is 1. The first-order valence-corrected chi connectivity index (χ1v) is 6.58. The van der Waals surface area contributed by atoms with Crippen LogP contribution in [-0.2, 0) is 9.31 Å². The van der Waals surface area contributed by atoms with E-state index in [9.17, 15) is 9.90 Å². The fourth-order valence-corrected chi connectivity index (χ4v) is 1.91. The molecular formula is C14H18BNO5. The van der Waals surface area contributed by atoms with E-state index in [4.69, 9.17) is 14.4 Å². The molecule has 0 saturated carbocycles. The van der Waals surface area contributed by atoms with Gasteiger partial charge in [0, 0.05) is 0 Å². The second-order valence-corrected chi connectivity index (χ2v) is 5.92. The Labute approximate surface area is 123 Å². The van der Waals surface area contributed by atoms with Crippen molar-refractivity contribution in [3.8, 4) is 5.75 Å². The minimum atomic E-state index is -1.16. The highest BCUT2D eigenvalue weighted by Gasteiger charge is 2.50. The van der Waals surface area contributed by atoms with E-state index < -0.39 is 24.3 Å². The summed E-state index contributed by atoms with van der Waals surface area (Å²) in [6.07, 6.45) is 2.71. The Hall–Kier alpha value is -1.86. The van der Waals surface area contributed by atoms with Crippen LogP contribution in [0.15, 0.2) is 18.2 Å². The van der Waals surface area contributed by atoms with Gasteiger partial charge in [-0.05, 0) is 39.8 Å². The lowest BCUT2D eigenvalue weighted by atomic mass is 9.89. The van der Waals surface area contributed by atoms with E-state index in [-0.39, 0.29) is 17.0 Å². The van der Waals surface area contributed by atoms with E-state index in [1.165, 1.54) is 12.3 Å². The Morgan fingerprint density at radius 3 is 2.38 bits per heavy atom. The molecule has 0 radical (unpaired) electrons. The molecule has 2 N–H and O–H groups in total. The molecule has 112 valence electrons. The van der Waals surface area contributed by atoms with Gasteiger partial charge in [0.2, 0.25) is 0 Å². The molecule has 0 bridgehead atoms. The molecule has 1 aromatic heterocycles. The summed E-state index contributed by atoms with van der Waals surface area (Å²) in [6, 6.07) is 1.15. The fraction of sp³-hybridized carbons (Fsp3) is 0.429. The summed E-state index contributed by atoms with van der Waals surface area (Å²) in [5.41, 5.74) is -0.766. The van der Waals surface area contributed by atoms with Crippen LogP contribution in [0.2, 0.25) is 0 Å². The number of hydrogen-bond acceptors (Lipinski definition) is 5. The van der Waals surface area contributed by atoms with Gasteiger partial charge in [-0.1, -0.05) is 5.98 Å². The van der Waals surface area contributed by atoms with Crippen molar-refractivity contribution < 1.29 is 24.3 Å². The lowest BCUT2D eigenvalue weighted by Crippen LogP contribution is -2.41. The Morgan fingerprint density at radius 2 is 1.86 bits per heavy atom. The van der Waals surface area contributed by atoms with Crippen LogP contribution in [0.5, 0.6) is 5.75 Å². The number of aromatic nitrogens is 1. The third-order valence-electron chi connectivity index (χ3n) is 3.82. The van der Waals surface area contributed by atoms with Crippen molar-refractivity contribution in [2.24, 2.45) is 0 Å². The quantitative estimate of drug-likeness (QED) is 0.829. The lowest BCUT2D eigenvalue weighted by Gasteiger charge is -2.32. The molecule has 2 heterocycles. The van der Waals surface area contributed by atoms with Crippen LogP contribution in [-0.4, -0.2) is 39.5 Å². The van der Waals surface area contributed by atoms with Crippen LogP contribution in [0.25, 0.3) is 6.08 Å². The number of pyridine rings is 1. The van der Waals surface area contributed by atoms with Crippen LogP contribution in [0, 0.1) is 0 Å². The zero-order valence-electron chi connectivity index (χ0n) is 12.5. The maximum Gasteiger partial charge on any atom is 0.487 e. The molecule has 0 aliphatic carbocycles. The summed E-state index contributed by atoms with van der Waals surface area (Å²) in [6.45, 7) is 7.73. The summed E-state index contributed by atoms with van der Waals surface area (Å²) in [5, 5.41) is 18.4. The van der Waals surface area contributed by atoms with Gasteiger partial charge in [0.1, 0.15) is 5.75 Å². The summed E-state index contributed by atoms with van der Waals surface area (Å²) in [7, 11) is -0.577. The Balaban J connectivity index is 2.22. The highest BCUT2D eigenvalue weighted by molar-refractivity contribution is 6.52. The number of hydrogen-bond donors (Lipinski definition) is 2. The molecule has 1 saturated heterocycles. The molecule has 1 fully saturated rings. The third-order valence-corrected chi connectivity index (χ3v) is 3.82. The molecule has 0 spiro atoms. The third kappa shape index (κ3) is 3.09. The molecule has 21 heavy (non-hydrogen) atoms. The molecule has 1 aromatic rings. The normalized spacial score (nSPS) is 20.1. The minimum Gasteiger partial charge on any atom is -0.506 e. The summed E-state index contributed by atoms with van der Waals surface area (Å²) in [5.74, 6) is 0.259. The largest absolute Gasteiger partial charge is 0.506 e. The number of carboxylic acid groups (broad SMARTS) is 1. The van der Waals surface area contributed by atoms with Crippen molar-refractivity contribution in [1.29, 1.82) is 0 Å². The van der Waals surface area contributed by atoms with Crippen LogP contribution >= 0.6 is 0 Å². The number of rotatable bonds is 3. The van der Waals surface area contributed by atoms with Gasteiger partial charge < -0.3 is 19.5 Å². The highest BCUT2D eigenvalue weighted by atomic mass is 16.7. The average molecular weight is 291 g/mol. The highest BCUT2D eigenvalue weighted by Crippen LogP contribution is 2.37. The first-order valence-electron chi connectivity index (χ1n) is 6.58. The lowest BCUT2D eigenvalue weighted by molar-refractivity contribution is 0.00578. The summed E-state index contributed by atoms with van der Waals surface area (Å²) >= 11 is 0. The molecule has 6 nitrogen and oxygen atoms in total. The fourth-order valence-electron chi connectivity index (χ4n) is 1.91. The van der Waals surface area contributed by atoms with Crippen molar-refractivity contribution in [1.82, 2.24) is 4.98 Å². The molecule has 1 aliphatic rings. The van der Waals surface area contributed by atoms with E-state index in [1.54, 1.807) is 5.98 Å². The first kappa shape index (κ1) is 15.5. The zero-order valence-corrected chi connectivity index (χ0v) is 12.5. The van der Waals surface area contributed by atoms with Gasteiger partial charge in [-0.3, -0.25) is 4.98 Å². The maximum atomic E-state index is 11.1. The molecular weight excluding hydrogens is 273 g/mol. The van der Waals surface area contributed by atoms with Crippen molar-refractivity contribution in [2.45, 2.75) is 38.9 Å². The van der Waals surface area contributed by atoms with Crippen molar-refractivity contribution in [2.75, 3.05) is 0 Å². The van der Waals surface area contributed by atoms with Crippen molar-refractivity contribution in [3.63, 3.8) is 0 Å². The number of carbonyl (C=O) groups is 1. The first-order chi connectivity index (χ1) is 9.62. The van der Waals surface area contributed by atoms with Gasteiger partial charge in [-0.25, -0.2) is 4.79 Å². The predicted octanol–water partition coefficient (Wildman–Crippen LogP) is 2.13. The molecule has 1 aliphatic heterocycles. The van der Waals surface area contributed by atoms with E-state index in [2.05, 4.69) is 4.98 Å². The Morgan fingerprint density at radius 1 is 1.29 bits per heavy atom. The topological polar surface area (TPSA) is 88.9 Å². The van der Waals surface area contributed by atoms with Gasteiger partial charge in [0.05, 0.1) is 28.7 Å². The molecule has 0 aromatic carbocycles. The SMILES string of the molecule is CC1(C)OB(/C=C/c2ncc(O)cc2C(=O)O)OC1(C)C. The average Bonchev–Trinajstić information content (AvgIpc) is 2.56. The van der Waals surface area contributed by atoms with Gasteiger partial charge in [0.15, 0.2) is 0 Å². The number of carboxylic acids is 1. The van der Waals surface area contributed by atoms with Crippen LogP contribution in [0.1, 0.15) is 43.7 Å². The Kier molecular flexibility index (Phi) is 3.82. The van der Waals surface area contributed by atoms with Crippen LogP contribution in [0.4, 0.5) is 0 Å². The van der Waals surface area contributed by atoms with E-state index in [0.717, 1.165) is 6.07 Å². The monoisotopic (exact) mass is 291 g/mol. The number of nitrogens with zero attached hydrogens (tertiary/aromatic N) is 1. The Bertz CT molecular complexity index is 581. The summed E-state index contributed by atoms with van der Waals surface area (Å²) in [4.78, 5) is 15.0. The smallest absolute Gasteiger partial charge is 0.487 e. The van der Waals surface area contributed by atoms with Gasteiger partial charge >= 0.3 is 13.1 Å². The van der Waals surface area contributed by atoms with E-state index in [0.29, 0.717) is 0 Å². The van der Waals surface area contributed by atoms with Gasteiger partial charge in [0.25, 0.3) is 0 Å². The predicted molar refractivity (Wildman–Crippen MR) is 78.0 cm³/mol. The van der Waals surface area contributed by atoms with Crippen LogP contribution < -0.4 is 0 Å². The van der Waals surface area contributed by atoms with Gasteiger partial charge in [-0.15, -0.1) is 0 Å². The standard InChI is InChI=1S/C14H18BNO5/c1-13(2)14(3,4)21-15(20-13)6-5-11-10(12(18)19)7-9(17)8-16-11/h5-8,17H,1-4H3,(H,18,19)/b6-5+. The van der Waals surface area contributed by atoms with E-state index in [1.807, 2.05) is 27.7 Å². The second-order valence-electron chi connectivity index (χ2n) is 5.92. The van der Waals surface area contributed by atoms with Crippen molar-refractivity contribution in [3.05, 3.63) is 29.5 Å². The van der Waals surface area contributed by atoms with Crippen molar-refractivity contribution >= 4 is 19.2 Å². The van der Waals surface area contributed by atoms with E-state index >= 15 is 0 Å². The summed E-state index contributed by atoms with van der Waals surface area (Å²) < 4.78 is 11.6. The molecule has 7 heteroatoms.